The van der Waals surface area contributed by atoms with Crippen LogP contribution >= 0.6 is 22.6 Å². The Morgan fingerprint density at radius 3 is 2.65 bits per heavy atom. The van der Waals surface area contributed by atoms with Gasteiger partial charge in [-0.1, -0.05) is 0 Å². The molecule has 1 saturated heterocycles. The molecule has 20 heavy (non-hydrogen) atoms. The Hall–Kier alpha value is -0.720. The number of H-pyrrole nitrogens is 1. The average molecular weight is 398 g/mol. The summed E-state index contributed by atoms with van der Waals surface area (Å²) in [4.78, 5) is 14.8. The van der Waals surface area contributed by atoms with Gasteiger partial charge in [0, 0.05) is 6.20 Å². The molecule has 5 unspecified atom stereocenters. The molecule has 6 N–H and O–H groups in total. The van der Waals surface area contributed by atoms with Crippen molar-refractivity contribution in [1.29, 1.82) is 0 Å². The summed E-state index contributed by atoms with van der Waals surface area (Å²) in [5.74, 6) is -0.523. The van der Waals surface area contributed by atoms with E-state index in [0.29, 0.717) is 5.56 Å². The predicted octanol–water partition coefficient (Wildman–Crippen LogP) is -1.85. The van der Waals surface area contributed by atoms with Gasteiger partial charge in [0.1, 0.15) is 24.4 Å². The van der Waals surface area contributed by atoms with Crippen LogP contribution in [0.5, 0.6) is 0 Å². The molecule has 1 aliphatic rings. The van der Waals surface area contributed by atoms with E-state index in [-0.39, 0.29) is 0 Å². The van der Waals surface area contributed by atoms with E-state index >= 15 is 0 Å². The van der Waals surface area contributed by atoms with E-state index in [1.807, 2.05) is 22.6 Å². The summed E-state index contributed by atoms with van der Waals surface area (Å²) < 4.78 is 5.70. The molecule has 112 valence electrons. The molecule has 0 aromatic carbocycles. The molecule has 1 aliphatic heterocycles. The normalized spacial score (nSPS) is 34.0. The number of aromatic amines is 1. The van der Waals surface area contributed by atoms with E-state index in [1.54, 1.807) is 6.07 Å². The Bertz CT molecular complexity index is 481. The van der Waals surface area contributed by atoms with E-state index in [0.717, 1.165) is 3.70 Å². The number of nitrogens with one attached hydrogen (secondary N) is 2. The minimum atomic E-state index is -1.52. The van der Waals surface area contributed by atoms with Gasteiger partial charge < -0.3 is 35.5 Å². The summed E-state index contributed by atoms with van der Waals surface area (Å²) in [5.41, 5.74) is 0.326. The fraction of sp³-hybridized carbons (Fsp3) is 0.545. The fourth-order valence-corrected chi connectivity index (χ4v) is 2.48. The summed E-state index contributed by atoms with van der Waals surface area (Å²) in [7, 11) is 0. The van der Waals surface area contributed by atoms with Gasteiger partial charge in [-0.3, -0.25) is 4.79 Å². The van der Waals surface area contributed by atoms with Gasteiger partial charge in [0.25, 0.3) is 5.91 Å². The number of aromatic nitrogens is 1. The molecule has 9 heteroatoms. The van der Waals surface area contributed by atoms with Crippen LogP contribution in [0.4, 0.5) is 0 Å². The molecule has 1 fully saturated rings. The van der Waals surface area contributed by atoms with Crippen LogP contribution in [0, 0.1) is 3.70 Å². The van der Waals surface area contributed by atoms with Gasteiger partial charge in [-0.25, -0.2) is 0 Å². The number of carbonyl (C=O) groups excluding carboxylic acids is 1. The monoisotopic (exact) mass is 398 g/mol. The molecule has 2 rings (SSSR count). The highest BCUT2D eigenvalue weighted by Gasteiger charge is 2.44. The zero-order chi connectivity index (χ0) is 14.9. The molecular formula is C11H15IN2O6. The molecular weight excluding hydrogens is 383 g/mol. The molecule has 1 aromatic rings. The number of hydrogen-bond acceptors (Lipinski definition) is 6. The zero-order valence-electron chi connectivity index (χ0n) is 10.2. The Morgan fingerprint density at radius 1 is 1.40 bits per heavy atom. The number of aliphatic hydroxyl groups excluding tert-OH is 4. The van der Waals surface area contributed by atoms with Crippen molar-refractivity contribution in [2.75, 3.05) is 6.61 Å². The summed E-state index contributed by atoms with van der Waals surface area (Å²) in [5, 5.41) is 40.7. The molecule has 0 bridgehead atoms. The van der Waals surface area contributed by atoms with Gasteiger partial charge in [0.15, 0.2) is 6.29 Å². The minimum absolute atomic E-state index is 0.326. The molecule has 1 amide bonds. The first-order valence-corrected chi connectivity index (χ1v) is 6.97. The smallest absolute Gasteiger partial charge is 0.253 e. The van der Waals surface area contributed by atoms with Crippen LogP contribution in [0.2, 0.25) is 0 Å². The van der Waals surface area contributed by atoms with Crippen molar-refractivity contribution in [3.63, 3.8) is 0 Å². The highest BCUT2D eigenvalue weighted by molar-refractivity contribution is 14.1. The quantitative estimate of drug-likeness (QED) is 0.331. The zero-order valence-corrected chi connectivity index (χ0v) is 12.4. The number of hydrogen-bond donors (Lipinski definition) is 6. The Labute approximate surface area is 127 Å². The molecule has 0 spiro atoms. The maximum atomic E-state index is 11.9. The summed E-state index contributed by atoms with van der Waals surface area (Å²) >= 11 is 2.00. The van der Waals surface area contributed by atoms with Crippen molar-refractivity contribution >= 4 is 28.5 Å². The molecule has 0 radical (unpaired) electrons. The van der Waals surface area contributed by atoms with Gasteiger partial charge in [-0.2, -0.15) is 0 Å². The molecule has 0 saturated carbocycles. The second kappa shape index (κ2) is 6.37. The lowest BCUT2D eigenvalue weighted by Crippen LogP contribution is -2.64. The van der Waals surface area contributed by atoms with Crippen molar-refractivity contribution in [2.24, 2.45) is 0 Å². The van der Waals surface area contributed by atoms with Crippen LogP contribution in [0.1, 0.15) is 10.4 Å². The highest BCUT2D eigenvalue weighted by Crippen LogP contribution is 2.20. The van der Waals surface area contributed by atoms with E-state index in [1.165, 1.54) is 6.20 Å². The van der Waals surface area contributed by atoms with Gasteiger partial charge in [0.05, 0.1) is 15.9 Å². The number of ether oxygens (including phenoxy) is 1. The van der Waals surface area contributed by atoms with Crippen LogP contribution in [0.15, 0.2) is 12.3 Å². The topological polar surface area (TPSA) is 135 Å². The van der Waals surface area contributed by atoms with Crippen molar-refractivity contribution in [1.82, 2.24) is 10.3 Å². The summed E-state index contributed by atoms with van der Waals surface area (Å²) in [6.07, 6.45) is -3.99. The van der Waals surface area contributed by atoms with E-state index < -0.39 is 43.2 Å². The van der Waals surface area contributed by atoms with Crippen molar-refractivity contribution < 1.29 is 30.0 Å². The standard InChI is InChI=1S/C11H15IN2O6/c12-6-1-4(2-13-6)10(18)14-7-9(17)8(16)5(3-15)20-11(7)19/h1-2,5,7-9,11,13,15-17,19H,3H2,(H,14,18). The minimum Gasteiger partial charge on any atom is -0.394 e. The Kier molecular flexibility index (Phi) is 4.99. The van der Waals surface area contributed by atoms with E-state index in [9.17, 15) is 20.1 Å². The molecule has 1 aromatic heterocycles. The third-order valence-electron chi connectivity index (χ3n) is 3.11. The lowest BCUT2D eigenvalue weighted by Gasteiger charge is -2.40. The molecule has 8 nitrogen and oxygen atoms in total. The Balaban J connectivity index is 2.06. The van der Waals surface area contributed by atoms with Crippen molar-refractivity contribution in [3.8, 4) is 0 Å². The Morgan fingerprint density at radius 2 is 2.10 bits per heavy atom. The van der Waals surface area contributed by atoms with Crippen molar-refractivity contribution in [2.45, 2.75) is 30.6 Å². The van der Waals surface area contributed by atoms with E-state index in [4.69, 9.17) is 9.84 Å². The maximum absolute atomic E-state index is 11.9. The number of rotatable bonds is 3. The summed E-state index contributed by atoms with van der Waals surface area (Å²) in [6, 6.07) is 0.401. The second-order valence-electron chi connectivity index (χ2n) is 4.46. The van der Waals surface area contributed by atoms with Crippen LogP contribution in [-0.4, -0.2) is 68.6 Å². The summed E-state index contributed by atoms with van der Waals surface area (Å²) in [6.45, 7) is -0.550. The lowest BCUT2D eigenvalue weighted by atomic mass is 9.97. The van der Waals surface area contributed by atoms with Crippen molar-refractivity contribution in [3.05, 3.63) is 21.5 Å². The third-order valence-corrected chi connectivity index (χ3v) is 3.73. The predicted molar refractivity (Wildman–Crippen MR) is 74.7 cm³/mol. The maximum Gasteiger partial charge on any atom is 0.253 e. The number of amides is 1. The van der Waals surface area contributed by atoms with Gasteiger partial charge >= 0.3 is 0 Å². The van der Waals surface area contributed by atoms with Gasteiger partial charge in [-0.15, -0.1) is 0 Å². The highest BCUT2D eigenvalue weighted by atomic mass is 127. The number of carbonyl (C=O) groups is 1. The second-order valence-corrected chi connectivity index (χ2v) is 5.63. The first kappa shape index (κ1) is 15.7. The van der Waals surface area contributed by atoms with Crippen LogP contribution < -0.4 is 5.32 Å². The van der Waals surface area contributed by atoms with Crippen LogP contribution in [-0.2, 0) is 4.74 Å². The van der Waals surface area contributed by atoms with E-state index in [2.05, 4.69) is 10.3 Å². The largest absolute Gasteiger partial charge is 0.394 e. The average Bonchev–Trinajstić information content (AvgIpc) is 2.85. The molecule has 5 atom stereocenters. The van der Waals surface area contributed by atoms with Gasteiger partial charge in [0.2, 0.25) is 0 Å². The molecule has 2 heterocycles. The SMILES string of the molecule is O=C(NC1C(O)OC(CO)C(O)C1O)c1c[nH]c(I)c1. The third kappa shape index (κ3) is 3.13. The molecule has 0 aliphatic carbocycles. The first-order valence-electron chi connectivity index (χ1n) is 5.89. The van der Waals surface area contributed by atoms with Gasteiger partial charge in [-0.05, 0) is 28.7 Å². The number of halogens is 1. The lowest BCUT2D eigenvalue weighted by molar-refractivity contribution is -0.252. The fourth-order valence-electron chi connectivity index (χ4n) is 1.99. The number of aliphatic hydroxyl groups is 4. The van der Waals surface area contributed by atoms with Crippen LogP contribution in [0.25, 0.3) is 0 Å². The first-order chi connectivity index (χ1) is 9.43. The van der Waals surface area contributed by atoms with Crippen LogP contribution in [0.3, 0.4) is 0 Å².